The van der Waals surface area contributed by atoms with E-state index in [2.05, 4.69) is 30.2 Å². The molecule has 0 aromatic carbocycles. The maximum absolute atomic E-state index is 4.64. The highest BCUT2D eigenvalue weighted by Crippen LogP contribution is 2.16. The summed E-state index contributed by atoms with van der Waals surface area (Å²) >= 11 is 0. The Labute approximate surface area is 145 Å². The summed E-state index contributed by atoms with van der Waals surface area (Å²) in [5, 5.41) is 3.47. The molecule has 2 nitrogen and oxygen atoms in total. The third-order valence-electron chi connectivity index (χ3n) is 4.73. The fraction of sp³-hybridized carbons (Fsp3) is 0.857. The molecule has 1 N–H and O–H groups in total. The molecular formula is C21H40N2. The monoisotopic (exact) mass is 320 g/mol. The van der Waals surface area contributed by atoms with Gasteiger partial charge in [0.05, 0.1) is 6.54 Å². The number of nitrogens with one attached hydrogen (secondary N) is 1. The van der Waals surface area contributed by atoms with E-state index in [1.807, 2.05) is 0 Å². The fourth-order valence-electron chi connectivity index (χ4n) is 3.23. The van der Waals surface area contributed by atoms with Crippen molar-refractivity contribution < 1.29 is 0 Å². The van der Waals surface area contributed by atoms with Gasteiger partial charge in [-0.15, -0.1) is 0 Å². The average Bonchev–Trinajstić information content (AvgIpc) is 3.09. The van der Waals surface area contributed by atoms with Crippen molar-refractivity contribution in [3.8, 4) is 0 Å². The van der Waals surface area contributed by atoms with Gasteiger partial charge in [-0.1, -0.05) is 84.1 Å². The van der Waals surface area contributed by atoms with Crippen LogP contribution in [0.1, 0.15) is 104 Å². The molecule has 0 radical (unpaired) electrons. The van der Waals surface area contributed by atoms with Crippen LogP contribution in [0.5, 0.6) is 0 Å². The van der Waals surface area contributed by atoms with E-state index in [0.29, 0.717) is 0 Å². The Balaban J connectivity index is 2.21. The molecule has 23 heavy (non-hydrogen) atoms. The van der Waals surface area contributed by atoms with Gasteiger partial charge in [0.25, 0.3) is 0 Å². The molecule has 1 heterocycles. The van der Waals surface area contributed by atoms with Crippen LogP contribution in [0.4, 0.5) is 0 Å². The number of nitrogens with zero attached hydrogens (tertiary/aromatic N) is 1. The largest absolute Gasteiger partial charge is 0.368 e. The molecule has 0 aliphatic carbocycles. The van der Waals surface area contributed by atoms with E-state index >= 15 is 0 Å². The van der Waals surface area contributed by atoms with Crippen LogP contribution in [0.3, 0.4) is 0 Å². The maximum atomic E-state index is 4.64. The number of hydrogen-bond donors (Lipinski definition) is 1. The summed E-state index contributed by atoms with van der Waals surface area (Å²) < 4.78 is 0. The average molecular weight is 321 g/mol. The minimum absolute atomic E-state index is 0.959. The van der Waals surface area contributed by atoms with Crippen LogP contribution in [0, 0.1) is 0 Å². The van der Waals surface area contributed by atoms with Crippen molar-refractivity contribution in [2.45, 2.75) is 104 Å². The smallest absolute Gasteiger partial charge is 0.123 e. The summed E-state index contributed by atoms with van der Waals surface area (Å²) in [4.78, 5) is 4.64. The minimum atomic E-state index is 0.959. The molecule has 2 heteroatoms. The fourth-order valence-corrected chi connectivity index (χ4v) is 3.23. The first kappa shape index (κ1) is 20.3. The Kier molecular flexibility index (Phi) is 13.0. The molecule has 0 saturated carbocycles. The lowest BCUT2D eigenvalue weighted by Crippen LogP contribution is -2.20. The van der Waals surface area contributed by atoms with E-state index in [1.165, 1.54) is 101 Å². The van der Waals surface area contributed by atoms with E-state index in [4.69, 9.17) is 0 Å². The lowest BCUT2D eigenvalue weighted by Gasteiger charge is -2.09. The van der Waals surface area contributed by atoms with Gasteiger partial charge < -0.3 is 5.32 Å². The molecule has 0 amide bonds. The van der Waals surface area contributed by atoms with Gasteiger partial charge in [0.1, 0.15) is 5.84 Å². The maximum Gasteiger partial charge on any atom is 0.123 e. The second-order valence-corrected chi connectivity index (χ2v) is 6.96. The Hall–Kier alpha value is -0.790. The zero-order valence-electron chi connectivity index (χ0n) is 15.8. The molecule has 1 aliphatic rings. The minimum Gasteiger partial charge on any atom is -0.368 e. The van der Waals surface area contributed by atoms with Crippen LogP contribution in [0.2, 0.25) is 0 Å². The SMILES string of the molecule is CCCCCCCC/C=C(/CCCCCCCC)C1=NCCN1. The number of unbranched alkanes of at least 4 members (excludes halogenated alkanes) is 11. The van der Waals surface area contributed by atoms with Crippen molar-refractivity contribution in [2.24, 2.45) is 4.99 Å². The Morgan fingerprint density at radius 1 is 0.870 bits per heavy atom. The van der Waals surface area contributed by atoms with E-state index in [1.54, 1.807) is 0 Å². The first-order valence-corrected chi connectivity index (χ1v) is 10.4. The van der Waals surface area contributed by atoms with Gasteiger partial charge in [-0.25, -0.2) is 0 Å². The summed E-state index contributed by atoms with van der Waals surface area (Å²) in [7, 11) is 0. The topological polar surface area (TPSA) is 24.4 Å². The van der Waals surface area contributed by atoms with Crippen molar-refractivity contribution in [2.75, 3.05) is 13.1 Å². The summed E-state index contributed by atoms with van der Waals surface area (Å²) in [5.41, 5.74) is 1.49. The number of allylic oxidation sites excluding steroid dienone is 1. The summed E-state index contributed by atoms with van der Waals surface area (Å²) in [6, 6.07) is 0. The molecule has 0 unspecified atom stereocenters. The van der Waals surface area contributed by atoms with Crippen LogP contribution >= 0.6 is 0 Å². The second-order valence-electron chi connectivity index (χ2n) is 6.96. The number of amidine groups is 1. The predicted molar refractivity (Wildman–Crippen MR) is 104 cm³/mol. The summed E-state index contributed by atoms with van der Waals surface area (Å²) in [5.74, 6) is 1.20. The normalized spacial score (nSPS) is 14.9. The first-order chi connectivity index (χ1) is 11.4. The molecule has 0 spiro atoms. The molecule has 134 valence electrons. The van der Waals surface area contributed by atoms with E-state index in [9.17, 15) is 0 Å². The number of hydrogen-bond acceptors (Lipinski definition) is 2. The molecule has 0 aromatic rings. The molecule has 1 rings (SSSR count). The zero-order chi connectivity index (χ0) is 16.6. The van der Waals surface area contributed by atoms with Crippen molar-refractivity contribution in [1.82, 2.24) is 5.32 Å². The summed E-state index contributed by atoms with van der Waals surface area (Å²) in [6.07, 6.45) is 21.5. The first-order valence-electron chi connectivity index (χ1n) is 10.4. The van der Waals surface area contributed by atoms with Gasteiger partial charge in [-0.2, -0.15) is 0 Å². The van der Waals surface area contributed by atoms with Gasteiger partial charge in [-0.3, -0.25) is 4.99 Å². The highest BCUT2D eigenvalue weighted by molar-refractivity contribution is 5.99. The third kappa shape index (κ3) is 10.6. The van der Waals surface area contributed by atoms with Crippen LogP contribution in [-0.2, 0) is 0 Å². The molecule has 0 bridgehead atoms. The quantitative estimate of drug-likeness (QED) is 0.346. The predicted octanol–water partition coefficient (Wildman–Crippen LogP) is 6.42. The van der Waals surface area contributed by atoms with Crippen molar-refractivity contribution in [3.05, 3.63) is 11.6 Å². The third-order valence-corrected chi connectivity index (χ3v) is 4.73. The molecule has 0 aromatic heterocycles. The van der Waals surface area contributed by atoms with Crippen LogP contribution in [-0.4, -0.2) is 18.9 Å². The molecule has 0 fully saturated rings. The molecular weight excluding hydrogens is 280 g/mol. The highest BCUT2D eigenvalue weighted by Gasteiger charge is 2.10. The molecule has 0 saturated heterocycles. The van der Waals surface area contributed by atoms with Crippen molar-refractivity contribution in [1.29, 1.82) is 0 Å². The van der Waals surface area contributed by atoms with Gasteiger partial charge in [0.15, 0.2) is 0 Å². The standard InChI is InChI=1S/C21H40N2/c1-3-5-7-9-11-13-15-17-20(21-22-18-19-23-21)16-14-12-10-8-6-4-2/h17H,3-16,18-19H2,1-2H3,(H,22,23)/b20-17-. The lowest BCUT2D eigenvalue weighted by molar-refractivity contribution is 0.604. The van der Waals surface area contributed by atoms with Crippen LogP contribution < -0.4 is 5.32 Å². The van der Waals surface area contributed by atoms with Crippen LogP contribution in [0.15, 0.2) is 16.6 Å². The molecule has 1 aliphatic heterocycles. The van der Waals surface area contributed by atoms with Gasteiger partial charge in [0.2, 0.25) is 0 Å². The van der Waals surface area contributed by atoms with Gasteiger partial charge in [0, 0.05) is 6.54 Å². The van der Waals surface area contributed by atoms with Gasteiger partial charge in [-0.05, 0) is 31.3 Å². The van der Waals surface area contributed by atoms with E-state index < -0.39 is 0 Å². The van der Waals surface area contributed by atoms with Crippen molar-refractivity contribution in [3.63, 3.8) is 0 Å². The second kappa shape index (κ2) is 14.8. The summed E-state index contributed by atoms with van der Waals surface area (Å²) in [6.45, 7) is 6.56. The molecule has 0 atom stereocenters. The Morgan fingerprint density at radius 2 is 1.48 bits per heavy atom. The Bertz CT molecular complexity index is 331. The van der Waals surface area contributed by atoms with Crippen LogP contribution in [0.25, 0.3) is 0 Å². The van der Waals surface area contributed by atoms with E-state index in [-0.39, 0.29) is 0 Å². The number of aliphatic imine (C=N–C) groups is 1. The Morgan fingerprint density at radius 3 is 2.09 bits per heavy atom. The lowest BCUT2D eigenvalue weighted by atomic mass is 10.0. The van der Waals surface area contributed by atoms with Gasteiger partial charge >= 0.3 is 0 Å². The van der Waals surface area contributed by atoms with Crippen molar-refractivity contribution >= 4 is 5.84 Å². The zero-order valence-corrected chi connectivity index (χ0v) is 15.8. The number of rotatable bonds is 15. The highest BCUT2D eigenvalue weighted by atomic mass is 15.1. The van der Waals surface area contributed by atoms with E-state index in [0.717, 1.165) is 13.1 Å².